The van der Waals surface area contributed by atoms with E-state index in [4.69, 9.17) is 10.6 Å². The van der Waals surface area contributed by atoms with Crippen LogP contribution in [0.2, 0.25) is 0 Å². The minimum absolute atomic E-state index is 0. The average molecular weight is 190 g/mol. The van der Waals surface area contributed by atoms with E-state index in [1.54, 1.807) is 0 Å². The van der Waals surface area contributed by atoms with Crippen LogP contribution in [0.25, 0.3) is 0 Å². The maximum atomic E-state index is 5.73. The molecule has 1 atom stereocenters. The molecule has 1 saturated carbocycles. The number of hydrogen-bond acceptors (Lipinski definition) is 3. The van der Waals surface area contributed by atoms with Gasteiger partial charge in [-0.15, -0.1) is 0 Å². The Hall–Kier alpha value is 0.0969. The average Bonchev–Trinajstić information content (AvgIpc) is 2.63. The number of hydrogen-bond donors (Lipinski definition) is 1. The smallest absolute Gasteiger partial charge is 0.0793 e. The summed E-state index contributed by atoms with van der Waals surface area (Å²) in [7, 11) is 0. The summed E-state index contributed by atoms with van der Waals surface area (Å²) in [5.41, 5.74) is 5.73. The zero-order valence-electron chi connectivity index (χ0n) is 7.58. The molecule has 0 saturated heterocycles. The SMILES string of the molecule is CC(C)ON(C(C)N)C1CC1.[SiH4]. The summed E-state index contributed by atoms with van der Waals surface area (Å²) in [6.07, 6.45) is 2.72. The van der Waals surface area contributed by atoms with Crippen LogP contribution in [-0.2, 0) is 4.84 Å². The second-order valence-electron chi connectivity index (χ2n) is 3.49. The van der Waals surface area contributed by atoms with Gasteiger partial charge in [0, 0.05) is 6.04 Å². The van der Waals surface area contributed by atoms with Crippen LogP contribution < -0.4 is 5.73 Å². The number of nitrogens with zero attached hydrogens (tertiary/aromatic N) is 1. The molecular weight excluding hydrogens is 168 g/mol. The Labute approximate surface area is 79.2 Å². The summed E-state index contributed by atoms with van der Waals surface area (Å²) in [6, 6.07) is 0.581. The zero-order chi connectivity index (χ0) is 8.43. The molecule has 0 aromatic heterocycles. The third-order valence-electron chi connectivity index (χ3n) is 1.64. The minimum atomic E-state index is 0. The van der Waals surface area contributed by atoms with Crippen LogP contribution in [0, 0.1) is 0 Å². The van der Waals surface area contributed by atoms with Gasteiger partial charge in [-0.1, -0.05) is 0 Å². The fraction of sp³-hybridized carbons (Fsp3) is 1.00. The second-order valence-corrected chi connectivity index (χ2v) is 3.49. The molecule has 1 unspecified atom stereocenters. The minimum Gasteiger partial charge on any atom is -0.314 e. The van der Waals surface area contributed by atoms with Crippen LogP contribution >= 0.6 is 0 Å². The van der Waals surface area contributed by atoms with Crippen molar-refractivity contribution in [3.63, 3.8) is 0 Å². The van der Waals surface area contributed by atoms with E-state index in [-0.39, 0.29) is 23.2 Å². The monoisotopic (exact) mass is 190 g/mol. The summed E-state index contributed by atoms with van der Waals surface area (Å²) in [5.74, 6) is 0. The Bertz CT molecular complexity index is 124. The van der Waals surface area contributed by atoms with E-state index in [0.717, 1.165) is 0 Å². The summed E-state index contributed by atoms with van der Waals surface area (Å²) in [6.45, 7) is 6.01. The normalized spacial score (nSPS) is 19.5. The first-order valence-corrected chi connectivity index (χ1v) is 4.32. The van der Waals surface area contributed by atoms with Gasteiger partial charge in [-0.05, 0) is 44.6 Å². The summed E-state index contributed by atoms with van der Waals surface area (Å²) in [5, 5.41) is 1.92. The van der Waals surface area contributed by atoms with Crippen LogP contribution in [0.5, 0.6) is 0 Å². The molecule has 0 amide bonds. The molecule has 2 N–H and O–H groups in total. The molecule has 0 aromatic rings. The van der Waals surface area contributed by atoms with Gasteiger partial charge in [0.2, 0.25) is 0 Å². The van der Waals surface area contributed by atoms with E-state index in [2.05, 4.69) is 0 Å². The van der Waals surface area contributed by atoms with E-state index in [0.29, 0.717) is 6.04 Å². The van der Waals surface area contributed by atoms with Crippen molar-refractivity contribution in [2.45, 2.75) is 51.9 Å². The lowest BCUT2D eigenvalue weighted by Crippen LogP contribution is -2.42. The second kappa shape index (κ2) is 4.96. The predicted molar refractivity (Wildman–Crippen MR) is 56.1 cm³/mol. The first-order valence-electron chi connectivity index (χ1n) is 4.32. The quantitative estimate of drug-likeness (QED) is 0.374. The largest absolute Gasteiger partial charge is 0.314 e. The highest BCUT2D eigenvalue weighted by molar-refractivity contribution is 5.75. The van der Waals surface area contributed by atoms with E-state index in [9.17, 15) is 0 Å². The van der Waals surface area contributed by atoms with E-state index in [1.165, 1.54) is 12.8 Å². The Morgan fingerprint density at radius 3 is 2.08 bits per heavy atom. The Kier molecular flexibility index (Phi) is 5.00. The fourth-order valence-electron chi connectivity index (χ4n) is 1.09. The van der Waals surface area contributed by atoms with Crippen LogP contribution in [0.4, 0.5) is 0 Å². The molecule has 0 heterocycles. The Morgan fingerprint density at radius 1 is 1.33 bits per heavy atom. The van der Waals surface area contributed by atoms with E-state index in [1.807, 2.05) is 25.8 Å². The highest BCUT2D eigenvalue weighted by atomic mass is 28.1. The molecule has 12 heavy (non-hydrogen) atoms. The molecule has 1 aliphatic rings. The summed E-state index contributed by atoms with van der Waals surface area (Å²) < 4.78 is 0. The van der Waals surface area contributed by atoms with Gasteiger partial charge in [-0.3, -0.25) is 4.84 Å². The predicted octanol–water partition coefficient (Wildman–Crippen LogP) is -0.356. The van der Waals surface area contributed by atoms with Crippen molar-refractivity contribution in [2.24, 2.45) is 5.73 Å². The molecule has 4 heteroatoms. The Morgan fingerprint density at radius 2 is 1.83 bits per heavy atom. The maximum absolute atomic E-state index is 5.73. The first kappa shape index (κ1) is 12.1. The van der Waals surface area contributed by atoms with Crippen LogP contribution in [0.3, 0.4) is 0 Å². The van der Waals surface area contributed by atoms with Crippen LogP contribution in [-0.4, -0.2) is 34.3 Å². The van der Waals surface area contributed by atoms with Gasteiger partial charge in [0.15, 0.2) is 0 Å². The molecule has 1 rings (SSSR count). The molecule has 1 fully saturated rings. The van der Waals surface area contributed by atoms with Crippen LogP contribution in [0.1, 0.15) is 33.6 Å². The topological polar surface area (TPSA) is 38.5 Å². The number of hydroxylamine groups is 2. The molecule has 74 valence electrons. The van der Waals surface area contributed by atoms with E-state index < -0.39 is 0 Å². The van der Waals surface area contributed by atoms with Gasteiger partial charge in [0.1, 0.15) is 0 Å². The third kappa shape index (κ3) is 3.67. The molecular formula is C8H22N2OSi. The number of nitrogens with two attached hydrogens (primary N) is 1. The maximum Gasteiger partial charge on any atom is 0.0793 e. The highest BCUT2D eigenvalue weighted by Gasteiger charge is 2.32. The van der Waals surface area contributed by atoms with Gasteiger partial charge in [-0.2, -0.15) is 5.06 Å². The standard InChI is InChI=1S/C8H18N2O.H4Si/c1-6(2)11-10(7(3)9)8-4-5-8;/h6-8H,4-5,9H2,1-3H3;1H4. The first-order chi connectivity index (χ1) is 5.11. The van der Waals surface area contributed by atoms with Crippen molar-refractivity contribution >= 4 is 11.0 Å². The van der Waals surface area contributed by atoms with Crippen molar-refractivity contribution < 1.29 is 4.84 Å². The van der Waals surface area contributed by atoms with Gasteiger partial charge < -0.3 is 5.73 Å². The van der Waals surface area contributed by atoms with Crippen LogP contribution in [0.15, 0.2) is 0 Å². The van der Waals surface area contributed by atoms with E-state index >= 15 is 0 Å². The Balaban J connectivity index is 0.00000121. The number of rotatable bonds is 4. The summed E-state index contributed by atoms with van der Waals surface area (Å²) >= 11 is 0. The molecule has 0 aliphatic heterocycles. The molecule has 3 nitrogen and oxygen atoms in total. The van der Waals surface area contributed by atoms with Crippen molar-refractivity contribution in [2.75, 3.05) is 0 Å². The lowest BCUT2D eigenvalue weighted by molar-refractivity contribution is -0.214. The summed E-state index contributed by atoms with van der Waals surface area (Å²) in [4.78, 5) is 5.54. The molecule has 1 aliphatic carbocycles. The fourth-order valence-corrected chi connectivity index (χ4v) is 1.09. The van der Waals surface area contributed by atoms with Crippen molar-refractivity contribution in [3.05, 3.63) is 0 Å². The lowest BCUT2D eigenvalue weighted by atomic mass is 10.5. The third-order valence-corrected chi connectivity index (χ3v) is 1.64. The van der Waals surface area contributed by atoms with Gasteiger partial charge in [0.05, 0.1) is 12.3 Å². The van der Waals surface area contributed by atoms with Crippen molar-refractivity contribution in [1.29, 1.82) is 0 Å². The van der Waals surface area contributed by atoms with Gasteiger partial charge in [0.25, 0.3) is 0 Å². The molecule has 0 aromatic carbocycles. The van der Waals surface area contributed by atoms with Crippen molar-refractivity contribution in [3.8, 4) is 0 Å². The molecule has 0 spiro atoms. The van der Waals surface area contributed by atoms with Gasteiger partial charge in [-0.25, -0.2) is 0 Å². The lowest BCUT2D eigenvalue weighted by Gasteiger charge is -2.27. The molecule has 0 radical (unpaired) electrons. The van der Waals surface area contributed by atoms with Crippen molar-refractivity contribution in [1.82, 2.24) is 5.06 Å². The van der Waals surface area contributed by atoms with Gasteiger partial charge >= 0.3 is 0 Å². The highest BCUT2D eigenvalue weighted by Crippen LogP contribution is 2.28. The zero-order valence-corrected chi connectivity index (χ0v) is 7.58. The molecule has 0 bridgehead atoms.